The summed E-state index contributed by atoms with van der Waals surface area (Å²) in [5.41, 5.74) is 0.359. The van der Waals surface area contributed by atoms with Gasteiger partial charge in [0.1, 0.15) is 5.75 Å². The van der Waals surface area contributed by atoms with Crippen molar-refractivity contribution in [1.82, 2.24) is 5.32 Å². The summed E-state index contributed by atoms with van der Waals surface area (Å²) in [4.78, 5) is 12.1. The molecule has 3 heteroatoms. The van der Waals surface area contributed by atoms with Crippen molar-refractivity contribution >= 4 is 16.7 Å². The SMILES string of the molecule is O=C(NCCC1CCC1)c1ccc2ccccc2c1O. The lowest BCUT2D eigenvalue weighted by Crippen LogP contribution is -2.27. The van der Waals surface area contributed by atoms with Gasteiger partial charge >= 0.3 is 0 Å². The van der Waals surface area contributed by atoms with Crippen LogP contribution in [-0.4, -0.2) is 17.6 Å². The number of phenolic OH excluding ortho intramolecular Hbond substituents is 1. The molecule has 1 aliphatic carbocycles. The quantitative estimate of drug-likeness (QED) is 0.893. The normalized spacial score (nSPS) is 15.0. The van der Waals surface area contributed by atoms with E-state index in [-0.39, 0.29) is 11.7 Å². The van der Waals surface area contributed by atoms with Crippen molar-refractivity contribution in [2.24, 2.45) is 5.92 Å². The molecule has 0 aliphatic heterocycles. The molecule has 2 aromatic carbocycles. The van der Waals surface area contributed by atoms with E-state index in [0.29, 0.717) is 12.1 Å². The topological polar surface area (TPSA) is 49.3 Å². The number of carbonyl (C=O) groups excluding carboxylic acids is 1. The number of hydrogen-bond donors (Lipinski definition) is 2. The summed E-state index contributed by atoms with van der Waals surface area (Å²) in [6, 6.07) is 11.1. The molecule has 0 unspecified atom stereocenters. The van der Waals surface area contributed by atoms with E-state index >= 15 is 0 Å². The molecule has 1 fully saturated rings. The van der Waals surface area contributed by atoms with Gasteiger partial charge in [-0.05, 0) is 23.8 Å². The number of nitrogens with one attached hydrogen (secondary N) is 1. The monoisotopic (exact) mass is 269 g/mol. The molecule has 20 heavy (non-hydrogen) atoms. The highest BCUT2D eigenvalue weighted by molar-refractivity contribution is 6.03. The Balaban J connectivity index is 1.72. The van der Waals surface area contributed by atoms with E-state index in [1.807, 2.05) is 30.3 Å². The molecule has 0 bridgehead atoms. The Morgan fingerprint density at radius 2 is 2.00 bits per heavy atom. The van der Waals surface area contributed by atoms with Gasteiger partial charge in [0.2, 0.25) is 0 Å². The molecule has 2 aromatic rings. The van der Waals surface area contributed by atoms with Gasteiger partial charge in [-0.25, -0.2) is 0 Å². The number of hydrogen-bond acceptors (Lipinski definition) is 2. The second-order valence-corrected chi connectivity index (χ2v) is 5.52. The zero-order chi connectivity index (χ0) is 13.9. The zero-order valence-corrected chi connectivity index (χ0v) is 11.4. The summed E-state index contributed by atoms with van der Waals surface area (Å²) in [6.07, 6.45) is 4.94. The molecular formula is C17H19NO2. The van der Waals surface area contributed by atoms with Crippen molar-refractivity contribution in [2.45, 2.75) is 25.7 Å². The highest BCUT2D eigenvalue weighted by Crippen LogP contribution is 2.30. The fraction of sp³-hybridized carbons (Fsp3) is 0.353. The van der Waals surface area contributed by atoms with E-state index in [1.54, 1.807) is 6.07 Å². The van der Waals surface area contributed by atoms with Gasteiger partial charge in [0, 0.05) is 11.9 Å². The van der Waals surface area contributed by atoms with Crippen molar-refractivity contribution in [3.63, 3.8) is 0 Å². The summed E-state index contributed by atoms with van der Waals surface area (Å²) in [6.45, 7) is 0.690. The van der Waals surface area contributed by atoms with Crippen LogP contribution >= 0.6 is 0 Å². The number of aromatic hydroxyl groups is 1. The third-order valence-electron chi connectivity index (χ3n) is 4.21. The van der Waals surface area contributed by atoms with E-state index in [9.17, 15) is 9.90 Å². The predicted molar refractivity (Wildman–Crippen MR) is 79.9 cm³/mol. The number of fused-ring (bicyclic) bond motifs is 1. The first-order chi connectivity index (χ1) is 9.75. The van der Waals surface area contributed by atoms with Gasteiger partial charge in [-0.3, -0.25) is 4.79 Å². The van der Waals surface area contributed by atoms with Gasteiger partial charge in [0.05, 0.1) is 5.56 Å². The minimum atomic E-state index is -0.187. The zero-order valence-electron chi connectivity index (χ0n) is 11.4. The predicted octanol–water partition coefficient (Wildman–Crippen LogP) is 3.47. The van der Waals surface area contributed by atoms with E-state index in [1.165, 1.54) is 19.3 Å². The van der Waals surface area contributed by atoms with Crippen LogP contribution in [0.15, 0.2) is 36.4 Å². The molecule has 0 radical (unpaired) electrons. The van der Waals surface area contributed by atoms with Gasteiger partial charge in [0.25, 0.3) is 5.91 Å². The molecule has 0 atom stereocenters. The van der Waals surface area contributed by atoms with Crippen molar-refractivity contribution < 1.29 is 9.90 Å². The average molecular weight is 269 g/mol. The lowest BCUT2D eigenvalue weighted by molar-refractivity contribution is 0.0946. The largest absolute Gasteiger partial charge is 0.506 e. The number of carbonyl (C=O) groups is 1. The Morgan fingerprint density at radius 3 is 2.75 bits per heavy atom. The maximum absolute atomic E-state index is 12.1. The molecule has 0 spiro atoms. The molecule has 0 heterocycles. The van der Waals surface area contributed by atoms with E-state index < -0.39 is 0 Å². The van der Waals surface area contributed by atoms with Gasteiger partial charge in [0.15, 0.2) is 0 Å². The Kier molecular flexibility index (Phi) is 3.59. The minimum absolute atomic E-state index is 0.0734. The number of benzene rings is 2. The Morgan fingerprint density at radius 1 is 1.20 bits per heavy atom. The Labute approximate surface area is 118 Å². The van der Waals surface area contributed by atoms with Gasteiger partial charge in [-0.1, -0.05) is 49.6 Å². The van der Waals surface area contributed by atoms with Gasteiger partial charge < -0.3 is 10.4 Å². The summed E-state index contributed by atoms with van der Waals surface area (Å²) in [5, 5.41) is 14.8. The van der Waals surface area contributed by atoms with Crippen LogP contribution in [0.1, 0.15) is 36.0 Å². The number of phenols is 1. The van der Waals surface area contributed by atoms with Crippen LogP contribution in [0.4, 0.5) is 0 Å². The van der Waals surface area contributed by atoms with Crippen LogP contribution in [0.5, 0.6) is 5.75 Å². The fourth-order valence-corrected chi connectivity index (χ4v) is 2.70. The first kappa shape index (κ1) is 13.0. The standard InChI is InChI=1S/C17H19NO2/c19-16-14-7-2-1-6-13(14)8-9-15(16)17(20)18-11-10-12-4-3-5-12/h1-2,6-9,12,19H,3-5,10-11H2,(H,18,20). The number of rotatable bonds is 4. The summed E-state index contributed by atoms with van der Waals surface area (Å²) in [7, 11) is 0. The van der Waals surface area contributed by atoms with E-state index in [4.69, 9.17) is 0 Å². The van der Waals surface area contributed by atoms with Crippen molar-refractivity contribution in [3.05, 3.63) is 42.0 Å². The number of amides is 1. The second kappa shape index (κ2) is 5.53. The molecule has 1 aliphatic rings. The molecule has 3 nitrogen and oxygen atoms in total. The molecule has 1 amide bonds. The molecule has 104 valence electrons. The molecule has 3 rings (SSSR count). The molecule has 2 N–H and O–H groups in total. The van der Waals surface area contributed by atoms with Crippen molar-refractivity contribution in [1.29, 1.82) is 0 Å². The molecule has 1 saturated carbocycles. The van der Waals surface area contributed by atoms with E-state index in [0.717, 1.165) is 23.1 Å². The highest BCUT2D eigenvalue weighted by atomic mass is 16.3. The van der Waals surface area contributed by atoms with Gasteiger partial charge in [-0.15, -0.1) is 0 Å². The van der Waals surface area contributed by atoms with Crippen LogP contribution in [-0.2, 0) is 0 Å². The molecule has 0 aromatic heterocycles. The summed E-state index contributed by atoms with van der Waals surface area (Å²) in [5.74, 6) is 0.664. The van der Waals surface area contributed by atoms with Crippen molar-refractivity contribution in [3.8, 4) is 5.75 Å². The smallest absolute Gasteiger partial charge is 0.255 e. The van der Waals surface area contributed by atoms with Crippen LogP contribution in [0.3, 0.4) is 0 Å². The van der Waals surface area contributed by atoms with Crippen LogP contribution < -0.4 is 5.32 Å². The third-order valence-corrected chi connectivity index (χ3v) is 4.21. The van der Waals surface area contributed by atoms with Crippen LogP contribution in [0, 0.1) is 5.92 Å². The highest BCUT2D eigenvalue weighted by Gasteiger charge is 2.18. The second-order valence-electron chi connectivity index (χ2n) is 5.52. The maximum Gasteiger partial charge on any atom is 0.255 e. The van der Waals surface area contributed by atoms with Crippen LogP contribution in [0.25, 0.3) is 10.8 Å². The minimum Gasteiger partial charge on any atom is -0.506 e. The van der Waals surface area contributed by atoms with Crippen LogP contribution in [0.2, 0.25) is 0 Å². The van der Waals surface area contributed by atoms with Gasteiger partial charge in [-0.2, -0.15) is 0 Å². The Hall–Kier alpha value is -2.03. The Bertz CT molecular complexity index is 632. The molecule has 0 saturated heterocycles. The van der Waals surface area contributed by atoms with Crippen molar-refractivity contribution in [2.75, 3.05) is 6.54 Å². The van der Waals surface area contributed by atoms with E-state index in [2.05, 4.69) is 5.32 Å². The fourth-order valence-electron chi connectivity index (χ4n) is 2.70. The first-order valence-corrected chi connectivity index (χ1v) is 7.24. The maximum atomic E-state index is 12.1. The summed E-state index contributed by atoms with van der Waals surface area (Å²) < 4.78 is 0. The third kappa shape index (κ3) is 2.48. The first-order valence-electron chi connectivity index (χ1n) is 7.24. The molecular weight excluding hydrogens is 250 g/mol. The summed E-state index contributed by atoms with van der Waals surface area (Å²) >= 11 is 0. The lowest BCUT2D eigenvalue weighted by Gasteiger charge is -2.25. The lowest BCUT2D eigenvalue weighted by atomic mass is 9.83. The average Bonchev–Trinajstić information content (AvgIpc) is 2.42.